The van der Waals surface area contributed by atoms with E-state index in [1.165, 1.54) is 0 Å². The molecule has 30 heavy (non-hydrogen) atoms. The number of nitrogens with zero attached hydrogens (tertiary/aromatic N) is 6. The van der Waals surface area contributed by atoms with Gasteiger partial charge in [0.05, 0.1) is 19.9 Å². The van der Waals surface area contributed by atoms with E-state index in [1.54, 1.807) is 43.4 Å². The van der Waals surface area contributed by atoms with Crippen LogP contribution in [0.3, 0.4) is 0 Å². The van der Waals surface area contributed by atoms with Crippen LogP contribution in [0.5, 0.6) is 11.5 Å². The van der Waals surface area contributed by atoms with E-state index in [9.17, 15) is 4.79 Å². The number of carbonyl (C=O) groups is 1. The molecule has 2 aromatic heterocycles. The average molecular weight is 408 g/mol. The summed E-state index contributed by atoms with van der Waals surface area (Å²) in [6, 6.07) is 9.08. The molecule has 1 aromatic carbocycles. The van der Waals surface area contributed by atoms with Gasteiger partial charge >= 0.3 is 0 Å². The van der Waals surface area contributed by atoms with Crippen LogP contribution in [0.4, 0.5) is 5.82 Å². The van der Waals surface area contributed by atoms with E-state index in [4.69, 9.17) is 9.47 Å². The highest BCUT2D eigenvalue weighted by molar-refractivity contribution is 5.95. The highest BCUT2D eigenvalue weighted by Gasteiger charge is 2.24. The second-order valence-corrected chi connectivity index (χ2v) is 6.99. The fraction of sp³-hybridized carbons (Fsp3) is 0.333. The first-order valence-corrected chi connectivity index (χ1v) is 9.70. The summed E-state index contributed by atoms with van der Waals surface area (Å²) in [5.41, 5.74) is 1.51. The molecule has 0 atom stereocenters. The fourth-order valence-corrected chi connectivity index (χ4v) is 3.47. The molecule has 1 aliphatic rings. The lowest BCUT2D eigenvalue weighted by atomic mass is 10.1. The fourth-order valence-electron chi connectivity index (χ4n) is 3.47. The summed E-state index contributed by atoms with van der Waals surface area (Å²) >= 11 is 0. The largest absolute Gasteiger partial charge is 0.493 e. The molecule has 4 rings (SSSR count). The summed E-state index contributed by atoms with van der Waals surface area (Å²) in [5, 5.41) is 4.40. The monoisotopic (exact) mass is 408 g/mol. The van der Waals surface area contributed by atoms with Crippen LogP contribution in [0.15, 0.2) is 42.9 Å². The van der Waals surface area contributed by atoms with Gasteiger partial charge in [-0.15, -0.1) is 0 Å². The molecule has 0 unspecified atom stereocenters. The van der Waals surface area contributed by atoms with Gasteiger partial charge in [-0.1, -0.05) is 0 Å². The number of hydrogen-bond donors (Lipinski definition) is 0. The van der Waals surface area contributed by atoms with Crippen LogP contribution in [0.2, 0.25) is 0 Å². The zero-order valence-electron chi connectivity index (χ0n) is 17.3. The van der Waals surface area contributed by atoms with Crippen molar-refractivity contribution in [3.05, 3.63) is 54.1 Å². The molecular formula is C21H24N6O3. The molecular weight excluding hydrogens is 384 g/mol. The second-order valence-electron chi connectivity index (χ2n) is 6.99. The van der Waals surface area contributed by atoms with Crippen LogP contribution < -0.4 is 14.4 Å². The Labute approximate surface area is 174 Å². The van der Waals surface area contributed by atoms with Crippen LogP contribution in [-0.4, -0.2) is 71.0 Å². The van der Waals surface area contributed by atoms with E-state index < -0.39 is 0 Å². The van der Waals surface area contributed by atoms with E-state index in [-0.39, 0.29) is 5.91 Å². The molecule has 3 aromatic rings. The molecule has 156 valence electrons. The van der Waals surface area contributed by atoms with Gasteiger partial charge in [0, 0.05) is 44.0 Å². The quantitative estimate of drug-likeness (QED) is 0.638. The number of hydrogen-bond acceptors (Lipinski definition) is 7. The summed E-state index contributed by atoms with van der Waals surface area (Å²) in [5.74, 6) is 2.67. The first kappa shape index (κ1) is 19.7. The molecule has 0 spiro atoms. The average Bonchev–Trinajstić information content (AvgIpc) is 3.24. The Morgan fingerprint density at radius 1 is 0.933 bits per heavy atom. The molecule has 1 amide bonds. The number of piperazine rings is 1. The van der Waals surface area contributed by atoms with E-state index in [0.29, 0.717) is 43.2 Å². The van der Waals surface area contributed by atoms with Gasteiger partial charge in [-0.2, -0.15) is 5.10 Å². The molecule has 0 saturated carbocycles. The lowest BCUT2D eigenvalue weighted by Crippen LogP contribution is -2.49. The van der Waals surface area contributed by atoms with Gasteiger partial charge in [0.25, 0.3) is 5.91 Å². The van der Waals surface area contributed by atoms with Crippen LogP contribution in [-0.2, 0) is 0 Å². The van der Waals surface area contributed by atoms with Gasteiger partial charge in [-0.05, 0) is 31.2 Å². The molecule has 1 fully saturated rings. The first-order chi connectivity index (χ1) is 14.6. The minimum atomic E-state index is -0.0222. The van der Waals surface area contributed by atoms with Gasteiger partial charge in [0.2, 0.25) is 0 Å². The molecule has 0 radical (unpaired) electrons. The third kappa shape index (κ3) is 3.91. The van der Waals surface area contributed by atoms with Crippen LogP contribution in [0.1, 0.15) is 16.1 Å². The number of carbonyl (C=O) groups excluding carboxylic acids is 1. The second kappa shape index (κ2) is 8.40. The number of aromatic nitrogens is 4. The third-order valence-corrected chi connectivity index (χ3v) is 5.12. The van der Waals surface area contributed by atoms with Crippen molar-refractivity contribution in [3.8, 4) is 17.3 Å². The SMILES string of the molecule is COc1ccc(C(=O)N2CCN(c3cc(-n4ccc(C)n4)ncn3)CC2)cc1OC. The molecule has 0 aliphatic carbocycles. The highest BCUT2D eigenvalue weighted by atomic mass is 16.5. The summed E-state index contributed by atoms with van der Waals surface area (Å²) in [6.45, 7) is 4.52. The Bertz CT molecular complexity index is 1040. The van der Waals surface area contributed by atoms with Crippen LogP contribution in [0, 0.1) is 6.92 Å². The molecule has 9 nitrogen and oxygen atoms in total. The van der Waals surface area contributed by atoms with Gasteiger partial charge < -0.3 is 19.3 Å². The van der Waals surface area contributed by atoms with Crippen molar-refractivity contribution in [2.45, 2.75) is 6.92 Å². The summed E-state index contributed by atoms with van der Waals surface area (Å²) in [6.07, 6.45) is 3.42. The Hall–Kier alpha value is -3.62. The molecule has 9 heteroatoms. The van der Waals surface area contributed by atoms with Crippen molar-refractivity contribution >= 4 is 11.7 Å². The van der Waals surface area contributed by atoms with Crippen molar-refractivity contribution in [1.29, 1.82) is 0 Å². The Morgan fingerprint density at radius 2 is 1.67 bits per heavy atom. The van der Waals surface area contributed by atoms with Crippen molar-refractivity contribution in [2.75, 3.05) is 45.3 Å². The van der Waals surface area contributed by atoms with Gasteiger partial charge in [0.15, 0.2) is 17.3 Å². The summed E-state index contributed by atoms with van der Waals surface area (Å²) in [7, 11) is 3.13. The van der Waals surface area contributed by atoms with Crippen molar-refractivity contribution in [1.82, 2.24) is 24.6 Å². The lowest BCUT2D eigenvalue weighted by Gasteiger charge is -2.35. The van der Waals surface area contributed by atoms with E-state index in [1.807, 2.05) is 30.2 Å². The maximum Gasteiger partial charge on any atom is 0.254 e. The third-order valence-electron chi connectivity index (χ3n) is 5.12. The van der Waals surface area contributed by atoms with Crippen molar-refractivity contribution in [2.24, 2.45) is 0 Å². The van der Waals surface area contributed by atoms with E-state index >= 15 is 0 Å². The van der Waals surface area contributed by atoms with E-state index in [0.717, 1.165) is 17.3 Å². The number of anilines is 1. The minimum Gasteiger partial charge on any atom is -0.493 e. The minimum absolute atomic E-state index is 0.0222. The van der Waals surface area contributed by atoms with Crippen molar-refractivity contribution < 1.29 is 14.3 Å². The normalized spacial score (nSPS) is 14.0. The smallest absolute Gasteiger partial charge is 0.254 e. The highest BCUT2D eigenvalue weighted by Crippen LogP contribution is 2.28. The van der Waals surface area contributed by atoms with Crippen LogP contribution >= 0.6 is 0 Å². The predicted octanol–water partition coefficient (Wildman–Crippen LogP) is 1.95. The molecule has 1 saturated heterocycles. The van der Waals surface area contributed by atoms with Gasteiger partial charge in [0.1, 0.15) is 12.1 Å². The molecule has 1 aliphatic heterocycles. The number of methoxy groups -OCH3 is 2. The number of rotatable bonds is 5. The number of ether oxygens (including phenoxy) is 2. The number of aryl methyl sites for hydroxylation is 1. The number of benzene rings is 1. The molecule has 0 bridgehead atoms. The number of amides is 1. The Kier molecular flexibility index (Phi) is 5.51. The first-order valence-electron chi connectivity index (χ1n) is 9.70. The molecule has 3 heterocycles. The maximum atomic E-state index is 12.9. The summed E-state index contributed by atoms with van der Waals surface area (Å²) in [4.78, 5) is 25.6. The summed E-state index contributed by atoms with van der Waals surface area (Å²) < 4.78 is 12.3. The van der Waals surface area contributed by atoms with Gasteiger partial charge in [-0.25, -0.2) is 14.6 Å². The Balaban J connectivity index is 1.43. The standard InChI is InChI=1S/C21H24N6O3/c1-15-6-7-27(24-15)20-13-19(22-14-23-20)25-8-10-26(11-9-25)21(28)16-4-5-17(29-2)18(12-16)30-3/h4-7,12-14H,8-11H2,1-3H3. The Morgan fingerprint density at radius 3 is 2.33 bits per heavy atom. The maximum absolute atomic E-state index is 12.9. The van der Waals surface area contributed by atoms with Gasteiger partial charge in [-0.3, -0.25) is 4.79 Å². The zero-order valence-corrected chi connectivity index (χ0v) is 17.3. The zero-order chi connectivity index (χ0) is 21.1. The van der Waals surface area contributed by atoms with E-state index in [2.05, 4.69) is 20.0 Å². The van der Waals surface area contributed by atoms with Crippen LogP contribution in [0.25, 0.3) is 5.82 Å². The topological polar surface area (TPSA) is 85.6 Å². The van der Waals surface area contributed by atoms with Crippen molar-refractivity contribution in [3.63, 3.8) is 0 Å². The molecule has 0 N–H and O–H groups in total. The predicted molar refractivity (Wildman–Crippen MR) is 112 cm³/mol. The lowest BCUT2D eigenvalue weighted by molar-refractivity contribution is 0.0746.